The Hall–Kier alpha value is -1.31. The van der Waals surface area contributed by atoms with Crippen LogP contribution in [0.25, 0.3) is 0 Å². The van der Waals surface area contributed by atoms with Crippen molar-refractivity contribution in [1.29, 1.82) is 0 Å². The Kier molecular flexibility index (Phi) is 6.98. The predicted molar refractivity (Wildman–Crippen MR) is 76.4 cm³/mol. The molecule has 0 aliphatic carbocycles. The Morgan fingerprint density at radius 3 is 2.25 bits per heavy atom. The lowest BCUT2D eigenvalue weighted by Crippen LogP contribution is -2.48. The highest BCUT2D eigenvalue weighted by molar-refractivity contribution is 7.90. The summed E-state index contributed by atoms with van der Waals surface area (Å²) in [7, 11) is -3.26. The van der Waals surface area contributed by atoms with Crippen LogP contribution in [0.3, 0.4) is 0 Å². The highest BCUT2D eigenvalue weighted by Crippen LogP contribution is 2.17. The minimum atomic E-state index is -3.26. The first-order chi connectivity index (χ1) is 8.97. The van der Waals surface area contributed by atoms with Crippen LogP contribution in [-0.4, -0.2) is 50.1 Å². The number of sulfone groups is 1. The maximum absolute atomic E-state index is 11.6. The number of nitrogens with one attached hydrogen (secondary N) is 2. The largest absolute Gasteiger partial charge is 0.480 e. The maximum atomic E-state index is 11.6. The van der Waals surface area contributed by atoms with E-state index >= 15 is 0 Å². The average Bonchev–Trinajstić information content (AvgIpc) is 2.30. The number of carbonyl (C=O) groups is 2. The van der Waals surface area contributed by atoms with Crippen molar-refractivity contribution in [3.8, 4) is 0 Å². The van der Waals surface area contributed by atoms with Crippen molar-refractivity contribution in [2.75, 3.05) is 18.6 Å². The van der Waals surface area contributed by atoms with E-state index in [1.54, 1.807) is 0 Å². The fourth-order valence-electron chi connectivity index (χ4n) is 1.24. The molecular formula is C12H24N2O5S. The van der Waals surface area contributed by atoms with Gasteiger partial charge < -0.3 is 15.7 Å². The molecule has 0 bridgehead atoms. The molecule has 0 heterocycles. The van der Waals surface area contributed by atoms with Gasteiger partial charge in [-0.2, -0.15) is 0 Å². The summed E-state index contributed by atoms with van der Waals surface area (Å²) in [6.45, 7) is 6.36. The van der Waals surface area contributed by atoms with Crippen molar-refractivity contribution in [3.63, 3.8) is 0 Å². The first-order valence-corrected chi connectivity index (χ1v) is 8.48. The summed E-state index contributed by atoms with van der Waals surface area (Å²) in [5.74, 6) is -1.54. The minimum Gasteiger partial charge on any atom is -0.480 e. The molecule has 0 aliphatic rings. The van der Waals surface area contributed by atoms with Crippen LogP contribution >= 0.6 is 0 Å². The Labute approximate surface area is 120 Å². The van der Waals surface area contributed by atoms with E-state index in [1.807, 2.05) is 20.8 Å². The number of carbonyl (C=O) groups excluding carboxylic acids is 1. The second-order valence-electron chi connectivity index (χ2n) is 5.65. The van der Waals surface area contributed by atoms with Crippen LogP contribution in [0.1, 0.15) is 33.6 Å². The van der Waals surface area contributed by atoms with Gasteiger partial charge in [-0.25, -0.2) is 18.0 Å². The molecule has 0 rings (SSSR count). The smallest absolute Gasteiger partial charge is 0.326 e. The van der Waals surface area contributed by atoms with Gasteiger partial charge in [0.2, 0.25) is 0 Å². The summed E-state index contributed by atoms with van der Waals surface area (Å²) >= 11 is 0. The Morgan fingerprint density at radius 1 is 1.30 bits per heavy atom. The molecule has 1 unspecified atom stereocenters. The van der Waals surface area contributed by atoms with Crippen LogP contribution in [0, 0.1) is 5.41 Å². The molecule has 1 atom stereocenters. The molecule has 0 aromatic rings. The van der Waals surface area contributed by atoms with Gasteiger partial charge in [0.1, 0.15) is 15.9 Å². The highest BCUT2D eigenvalue weighted by atomic mass is 32.2. The average molecular weight is 308 g/mol. The van der Waals surface area contributed by atoms with E-state index in [9.17, 15) is 18.0 Å². The molecule has 0 aliphatic heterocycles. The third-order valence-corrected chi connectivity index (χ3v) is 4.04. The van der Waals surface area contributed by atoms with Crippen LogP contribution in [-0.2, 0) is 14.6 Å². The standard InChI is InChI=1S/C12H24N2O5S/c1-5-12(2,3)8-13-11(17)14-9(10(15)16)6-7-20(4,18)19/h9H,5-8H2,1-4H3,(H,15,16)(H2,13,14,17). The maximum Gasteiger partial charge on any atom is 0.326 e. The molecule has 0 saturated heterocycles. The zero-order chi connectivity index (χ0) is 16.0. The number of hydrogen-bond acceptors (Lipinski definition) is 4. The molecule has 2 amide bonds. The molecule has 8 heteroatoms. The van der Waals surface area contributed by atoms with Gasteiger partial charge in [-0.1, -0.05) is 20.8 Å². The molecule has 3 N–H and O–H groups in total. The Balaban J connectivity index is 4.39. The third-order valence-electron chi connectivity index (χ3n) is 3.07. The summed E-state index contributed by atoms with van der Waals surface area (Å²) in [5, 5.41) is 13.8. The zero-order valence-electron chi connectivity index (χ0n) is 12.4. The first-order valence-electron chi connectivity index (χ1n) is 6.42. The lowest BCUT2D eigenvalue weighted by molar-refractivity contribution is -0.139. The van der Waals surface area contributed by atoms with E-state index in [0.717, 1.165) is 12.7 Å². The van der Waals surface area contributed by atoms with Gasteiger partial charge in [-0.05, 0) is 18.3 Å². The van der Waals surface area contributed by atoms with Gasteiger partial charge in [-0.3, -0.25) is 0 Å². The van der Waals surface area contributed by atoms with Crippen molar-refractivity contribution in [1.82, 2.24) is 10.6 Å². The number of carboxylic acid groups (broad SMARTS) is 1. The van der Waals surface area contributed by atoms with Crippen molar-refractivity contribution in [3.05, 3.63) is 0 Å². The summed E-state index contributed by atoms with van der Waals surface area (Å²) in [6, 6.07) is -1.82. The van der Waals surface area contributed by atoms with Gasteiger partial charge in [0, 0.05) is 12.8 Å². The van der Waals surface area contributed by atoms with E-state index in [-0.39, 0.29) is 17.6 Å². The molecule has 0 aromatic heterocycles. The van der Waals surface area contributed by atoms with Crippen LogP contribution in [0.5, 0.6) is 0 Å². The minimum absolute atomic E-state index is 0.0805. The normalized spacial score (nSPS) is 13.6. The van der Waals surface area contributed by atoms with Crippen LogP contribution in [0.2, 0.25) is 0 Å². The highest BCUT2D eigenvalue weighted by Gasteiger charge is 2.22. The topological polar surface area (TPSA) is 113 Å². The van der Waals surface area contributed by atoms with E-state index in [1.165, 1.54) is 0 Å². The number of rotatable bonds is 8. The summed E-state index contributed by atoms with van der Waals surface area (Å²) in [5.41, 5.74) is -0.0805. The fraction of sp³-hybridized carbons (Fsp3) is 0.833. The van der Waals surface area contributed by atoms with Gasteiger partial charge in [0.25, 0.3) is 0 Å². The second kappa shape index (κ2) is 7.47. The van der Waals surface area contributed by atoms with E-state index < -0.39 is 27.9 Å². The molecule has 20 heavy (non-hydrogen) atoms. The molecule has 0 aromatic carbocycles. The zero-order valence-corrected chi connectivity index (χ0v) is 13.2. The number of hydrogen-bond donors (Lipinski definition) is 3. The molecule has 0 radical (unpaired) electrons. The summed E-state index contributed by atoms with van der Waals surface area (Å²) < 4.78 is 22.0. The Bertz CT molecular complexity index is 445. The van der Waals surface area contributed by atoms with Crippen LogP contribution < -0.4 is 10.6 Å². The quantitative estimate of drug-likeness (QED) is 0.608. The SMILES string of the molecule is CCC(C)(C)CNC(=O)NC(CCS(C)(=O)=O)C(=O)O. The molecule has 0 saturated carbocycles. The van der Waals surface area contributed by atoms with E-state index in [4.69, 9.17) is 5.11 Å². The van der Waals surface area contributed by atoms with Crippen molar-refractivity contribution >= 4 is 21.8 Å². The van der Waals surface area contributed by atoms with Crippen LogP contribution in [0.4, 0.5) is 4.79 Å². The monoisotopic (exact) mass is 308 g/mol. The van der Waals surface area contributed by atoms with Gasteiger partial charge in [-0.15, -0.1) is 0 Å². The molecule has 0 spiro atoms. The lowest BCUT2D eigenvalue weighted by Gasteiger charge is -2.23. The van der Waals surface area contributed by atoms with Crippen molar-refractivity contribution in [2.45, 2.75) is 39.7 Å². The molecule has 7 nitrogen and oxygen atoms in total. The third kappa shape index (κ3) is 8.73. The van der Waals surface area contributed by atoms with Crippen LogP contribution in [0.15, 0.2) is 0 Å². The van der Waals surface area contributed by atoms with Gasteiger partial charge in [0.05, 0.1) is 5.75 Å². The number of urea groups is 1. The van der Waals surface area contributed by atoms with Gasteiger partial charge in [0.15, 0.2) is 0 Å². The Morgan fingerprint density at radius 2 is 1.85 bits per heavy atom. The first kappa shape index (κ1) is 18.7. The number of carboxylic acids is 1. The molecular weight excluding hydrogens is 284 g/mol. The number of amides is 2. The molecule has 118 valence electrons. The van der Waals surface area contributed by atoms with Gasteiger partial charge >= 0.3 is 12.0 Å². The molecule has 0 fully saturated rings. The van der Waals surface area contributed by atoms with Crippen molar-refractivity contribution in [2.24, 2.45) is 5.41 Å². The van der Waals surface area contributed by atoms with E-state index in [2.05, 4.69) is 10.6 Å². The van der Waals surface area contributed by atoms with E-state index in [0.29, 0.717) is 6.54 Å². The second-order valence-corrected chi connectivity index (χ2v) is 7.91. The summed E-state index contributed by atoms with van der Waals surface area (Å²) in [4.78, 5) is 22.6. The lowest BCUT2D eigenvalue weighted by atomic mass is 9.90. The predicted octanol–water partition coefficient (Wildman–Crippen LogP) is 0.610. The number of aliphatic carboxylic acids is 1. The van der Waals surface area contributed by atoms with Crippen molar-refractivity contribution < 1.29 is 23.1 Å². The summed E-state index contributed by atoms with van der Waals surface area (Å²) in [6.07, 6.45) is 1.73. The fourth-order valence-corrected chi connectivity index (χ4v) is 1.91.